The molecule has 23 heavy (non-hydrogen) atoms. The average molecular weight is 333 g/mol. The molecule has 0 saturated heterocycles. The summed E-state index contributed by atoms with van der Waals surface area (Å²) in [4.78, 5) is 43.5. The average Bonchev–Trinajstić information content (AvgIpc) is 2.49. The van der Waals surface area contributed by atoms with Gasteiger partial charge in [0.25, 0.3) is 5.91 Å². The van der Waals surface area contributed by atoms with Crippen LogP contribution in [0, 0.1) is 11.8 Å². The summed E-state index contributed by atoms with van der Waals surface area (Å²) in [6.45, 7) is 2.98. The van der Waals surface area contributed by atoms with Crippen molar-refractivity contribution >= 4 is 29.4 Å². The summed E-state index contributed by atoms with van der Waals surface area (Å²) in [6.07, 6.45) is 2.61. The van der Waals surface area contributed by atoms with Crippen molar-refractivity contribution in [2.45, 2.75) is 20.4 Å². The molecule has 2 aromatic rings. The Morgan fingerprint density at radius 2 is 1.91 bits per heavy atom. The Hall–Kier alpha value is -2.67. The summed E-state index contributed by atoms with van der Waals surface area (Å²) in [5.74, 6) is -1.12. The highest BCUT2D eigenvalue weighted by Crippen LogP contribution is 2.18. The van der Waals surface area contributed by atoms with Gasteiger partial charge in [-0.3, -0.25) is 9.59 Å². The largest absolute Gasteiger partial charge is 0.274 e. The maximum atomic E-state index is 12.7. The predicted molar refractivity (Wildman–Crippen MR) is 85.2 cm³/mol. The Morgan fingerprint density at radius 3 is 2.43 bits per heavy atom. The summed E-state index contributed by atoms with van der Waals surface area (Å²) in [5.41, 5.74) is 1.62. The van der Waals surface area contributed by atoms with Crippen LogP contribution in [0.1, 0.15) is 28.4 Å². The molecule has 0 unspecified atom stereocenters. The van der Waals surface area contributed by atoms with E-state index < -0.39 is 11.8 Å². The Morgan fingerprint density at radius 1 is 1.26 bits per heavy atom. The van der Waals surface area contributed by atoms with Crippen molar-refractivity contribution in [2.24, 2.45) is 5.18 Å². The standard InChI is InChI=1S/C15H13ClN4O3/c1-9-5-11(6-19-23)3-4-13(9)14(22)20(10(2)21)15-17-7-12(16)8-18-15/h3-5,7-8H,6H2,1-2H3. The summed E-state index contributed by atoms with van der Waals surface area (Å²) in [7, 11) is 0. The molecule has 0 bridgehead atoms. The highest BCUT2D eigenvalue weighted by molar-refractivity contribution is 6.30. The van der Waals surface area contributed by atoms with Crippen LogP contribution >= 0.6 is 11.6 Å². The molecule has 8 heteroatoms. The van der Waals surface area contributed by atoms with Gasteiger partial charge >= 0.3 is 0 Å². The minimum Gasteiger partial charge on any atom is -0.274 e. The quantitative estimate of drug-likeness (QED) is 0.802. The molecule has 0 spiro atoms. The second-order valence-corrected chi connectivity index (χ2v) is 5.23. The van der Waals surface area contributed by atoms with E-state index in [1.54, 1.807) is 25.1 Å². The van der Waals surface area contributed by atoms with Crippen LogP contribution in [0.3, 0.4) is 0 Å². The first-order chi connectivity index (χ1) is 10.9. The molecule has 118 valence electrons. The number of hydrogen-bond donors (Lipinski definition) is 0. The molecular weight excluding hydrogens is 320 g/mol. The van der Waals surface area contributed by atoms with Crippen LogP contribution in [0.4, 0.5) is 5.95 Å². The lowest BCUT2D eigenvalue weighted by atomic mass is 10.0. The zero-order chi connectivity index (χ0) is 17.0. The fourth-order valence-electron chi connectivity index (χ4n) is 2.05. The van der Waals surface area contributed by atoms with Gasteiger partial charge in [-0.2, -0.15) is 4.91 Å². The van der Waals surface area contributed by atoms with Gasteiger partial charge in [-0.15, -0.1) is 0 Å². The first-order valence-electron chi connectivity index (χ1n) is 6.65. The highest BCUT2D eigenvalue weighted by Gasteiger charge is 2.25. The summed E-state index contributed by atoms with van der Waals surface area (Å²) in [6, 6.07) is 4.84. The van der Waals surface area contributed by atoms with Crippen LogP contribution in [0.15, 0.2) is 35.8 Å². The summed E-state index contributed by atoms with van der Waals surface area (Å²) >= 11 is 5.72. The van der Waals surface area contributed by atoms with E-state index in [1.165, 1.54) is 19.3 Å². The zero-order valence-corrected chi connectivity index (χ0v) is 13.2. The van der Waals surface area contributed by atoms with Gasteiger partial charge in [-0.1, -0.05) is 28.9 Å². The molecule has 2 rings (SSSR count). The lowest BCUT2D eigenvalue weighted by molar-refractivity contribution is -0.116. The Labute approximate surface area is 137 Å². The SMILES string of the molecule is CC(=O)N(C(=O)c1ccc(CN=O)cc1C)c1ncc(Cl)cn1. The highest BCUT2D eigenvalue weighted by atomic mass is 35.5. The fourth-order valence-corrected chi connectivity index (χ4v) is 2.15. The van der Waals surface area contributed by atoms with Gasteiger partial charge in [0.1, 0.15) is 6.54 Å². The second-order valence-electron chi connectivity index (χ2n) is 4.80. The van der Waals surface area contributed by atoms with Crippen molar-refractivity contribution in [3.8, 4) is 0 Å². The smallest absolute Gasteiger partial charge is 0.267 e. The number of amides is 2. The normalized spacial score (nSPS) is 10.2. The number of hydrogen-bond acceptors (Lipinski definition) is 6. The van der Waals surface area contributed by atoms with Crippen molar-refractivity contribution in [3.05, 3.63) is 57.2 Å². The molecule has 2 amide bonds. The lowest BCUT2D eigenvalue weighted by Crippen LogP contribution is -2.37. The van der Waals surface area contributed by atoms with E-state index >= 15 is 0 Å². The number of aromatic nitrogens is 2. The Balaban J connectivity index is 2.40. The number of aryl methyl sites for hydroxylation is 1. The third-order valence-electron chi connectivity index (χ3n) is 3.09. The van der Waals surface area contributed by atoms with Crippen molar-refractivity contribution in [1.82, 2.24) is 9.97 Å². The van der Waals surface area contributed by atoms with Crippen LogP contribution in [-0.2, 0) is 11.3 Å². The predicted octanol–water partition coefficient (Wildman–Crippen LogP) is 2.90. The number of carbonyl (C=O) groups excluding carboxylic acids is 2. The van der Waals surface area contributed by atoms with Gasteiger partial charge in [-0.05, 0) is 24.1 Å². The van der Waals surface area contributed by atoms with Gasteiger partial charge in [0.15, 0.2) is 0 Å². The molecule has 7 nitrogen and oxygen atoms in total. The molecule has 1 aromatic heterocycles. The zero-order valence-electron chi connectivity index (χ0n) is 12.5. The number of carbonyl (C=O) groups is 2. The lowest BCUT2D eigenvalue weighted by Gasteiger charge is -2.18. The Bertz CT molecular complexity index is 762. The molecule has 0 aliphatic rings. The molecular formula is C15H13ClN4O3. The summed E-state index contributed by atoms with van der Waals surface area (Å²) in [5, 5.41) is 3.11. The molecule has 0 saturated carbocycles. The molecule has 1 aromatic carbocycles. The van der Waals surface area contributed by atoms with Gasteiger partial charge in [0.2, 0.25) is 11.9 Å². The van der Waals surface area contributed by atoms with E-state index in [4.69, 9.17) is 11.6 Å². The third-order valence-corrected chi connectivity index (χ3v) is 3.29. The van der Waals surface area contributed by atoms with Crippen molar-refractivity contribution < 1.29 is 9.59 Å². The van der Waals surface area contributed by atoms with Gasteiger partial charge < -0.3 is 0 Å². The van der Waals surface area contributed by atoms with E-state index in [0.29, 0.717) is 21.7 Å². The van der Waals surface area contributed by atoms with Gasteiger partial charge in [0, 0.05) is 12.5 Å². The van der Waals surface area contributed by atoms with Gasteiger partial charge in [0.05, 0.1) is 17.4 Å². The van der Waals surface area contributed by atoms with Crippen LogP contribution < -0.4 is 4.90 Å². The second kappa shape index (κ2) is 7.06. The van der Waals surface area contributed by atoms with Crippen LogP contribution in [0.5, 0.6) is 0 Å². The van der Waals surface area contributed by atoms with Crippen LogP contribution in [0.2, 0.25) is 5.02 Å². The molecule has 0 fully saturated rings. The maximum absolute atomic E-state index is 12.7. The molecule has 0 atom stereocenters. The number of nitrogens with zero attached hydrogens (tertiary/aromatic N) is 4. The van der Waals surface area contributed by atoms with E-state index in [-0.39, 0.29) is 12.5 Å². The van der Waals surface area contributed by atoms with Crippen molar-refractivity contribution in [2.75, 3.05) is 4.90 Å². The molecule has 1 heterocycles. The van der Waals surface area contributed by atoms with Crippen LogP contribution in [0.25, 0.3) is 0 Å². The number of halogens is 1. The number of benzene rings is 1. The summed E-state index contributed by atoms with van der Waals surface area (Å²) < 4.78 is 0. The van der Waals surface area contributed by atoms with E-state index in [0.717, 1.165) is 4.90 Å². The first kappa shape index (κ1) is 16.7. The van der Waals surface area contributed by atoms with E-state index in [9.17, 15) is 14.5 Å². The maximum Gasteiger partial charge on any atom is 0.267 e. The minimum absolute atomic E-state index is 0.0199. The van der Waals surface area contributed by atoms with E-state index in [1.807, 2.05) is 0 Å². The third kappa shape index (κ3) is 3.75. The fraction of sp³-hybridized carbons (Fsp3) is 0.200. The number of rotatable bonds is 4. The monoisotopic (exact) mass is 332 g/mol. The van der Waals surface area contributed by atoms with Crippen molar-refractivity contribution in [1.29, 1.82) is 0 Å². The minimum atomic E-state index is -0.553. The topological polar surface area (TPSA) is 92.6 Å². The van der Waals surface area contributed by atoms with Gasteiger partial charge in [-0.25, -0.2) is 14.9 Å². The molecule has 0 radical (unpaired) electrons. The number of imide groups is 1. The molecule has 0 N–H and O–H groups in total. The van der Waals surface area contributed by atoms with Crippen molar-refractivity contribution in [3.63, 3.8) is 0 Å². The molecule has 0 aliphatic heterocycles. The number of nitroso groups, excluding NO2 is 1. The van der Waals surface area contributed by atoms with E-state index in [2.05, 4.69) is 15.1 Å². The molecule has 0 aliphatic carbocycles. The first-order valence-corrected chi connectivity index (χ1v) is 7.03. The van der Waals surface area contributed by atoms with Crippen LogP contribution in [-0.4, -0.2) is 21.8 Å². The number of anilines is 1. The Kier molecular flexibility index (Phi) is 5.13.